The lowest BCUT2D eigenvalue weighted by molar-refractivity contribution is -0.274. The van der Waals surface area contributed by atoms with Gasteiger partial charge in [0.05, 0.1) is 4.90 Å². The average Bonchev–Trinajstić information content (AvgIpc) is 2.66. The summed E-state index contributed by atoms with van der Waals surface area (Å²) in [5.41, 5.74) is 0. The zero-order valence-corrected chi connectivity index (χ0v) is 16.8. The molecule has 1 aromatic carbocycles. The number of hydrogen-bond acceptors (Lipinski definition) is 4. The highest BCUT2D eigenvalue weighted by Crippen LogP contribution is 2.36. The molecular weight excluding hydrogens is 409 g/mol. The van der Waals surface area contributed by atoms with Crippen LogP contribution in [0.3, 0.4) is 0 Å². The van der Waals surface area contributed by atoms with Crippen LogP contribution in [0.25, 0.3) is 0 Å². The summed E-state index contributed by atoms with van der Waals surface area (Å²) in [6.07, 6.45) is 1.07. The van der Waals surface area contributed by atoms with Crippen LogP contribution < -0.4 is 9.46 Å². The van der Waals surface area contributed by atoms with Crippen LogP contribution in [-0.2, 0) is 14.8 Å². The average molecular weight is 434 g/mol. The molecule has 1 amide bonds. The highest BCUT2D eigenvalue weighted by molar-refractivity contribution is 7.89. The van der Waals surface area contributed by atoms with E-state index in [2.05, 4.69) is 9.46 Å². The topological polar surface area (TPSA) is 75.7 Å². The molecule has 1 saturated heterocycles. The number of carbonyl (C=O) groups is 1. The van der Waals surface area contributed by atoms with Crippen LogP contribution in [0.5, 0.6) is 5.75 Å². The second-order valence-electron chi connectivity index (χ2n) is 7.60. The van der Waals surface area contributed by atoms with Crippen molar-refractivity contribution in [3.8, 4) is 5.75 Å². The van der Waals surface area contributed by atoms with Gasteiger partial charge in [0, 0.05) is 26.1 Å². The minimum Gasteiger partial charge on any atom is -0.406 e. The van der Waals surface area contributed by atoms with Crippen molar-refractivity contribution in [1.29, 1.82) is 0 Å². The fraction of sp³-hybridized carbons (Fsp3) is 0.632. The number of benzene rings is 1. The van der Waals surface area contributed by atoms with Gasteiger partial charge in [-0.15, -0.1) is 13.2 Å². The van der Waals surface area contributed by atoms with E-state index < -0.39 is 22.1 Å². The van der Waals surface area contributed by atoms with Gasteiger partial charge in [0.2, 0.25) is 15.9 Å². The zero-order valence-electron chi connectivity index (χ0n) is 16.0. The van der Waals surface area contributed by atoms with Crippen molar-refractivity contribution in [3.63, 3.8) is 0 Å². The van der Waals surface area contributed by atoms with Crippen molar-refractivity contribution < 1.29 is 31.1 Å². The third-order valence-electron chi connectivity index (χ3n) is 5.64. The number of rotatable bonds is 6. The van der Waals surface area contributed by atoms with Crippen LogP contribution >= 0.6 is 0 Å². The molecule has 3 rings (SSSR count). The summed E-state index contributed by atoms with van der Waals surface area (Å²) in [6, 6.07) is 3.92. The van der Waals surface area contributed by atoms with E-state index in [4.69, 9.17) is 0 Å². The number of piperidine rings is 1. The maximum Gasteiger partial charge on any atom is 0.573 e. The molecule has 6 nitrogen and oxygen atoms in total. The molecule has 0 bridgehead atoms. The van der Waals surface area contributed by atoms with Gasteiger partial charge in [0.25, 0.3) is 0 Å². The minimum atomic E-state index is -4.84. The SMILES string of the molecule is O=C(CCNS(=O)(=O)c1ccc(OC(F)(F)F)cc1)N1CC[C@H]2CCCC[C@@H]2C1. The molecule has 0 radical (unpaired) electrons. The Morgan fingerprint density at radius 1 is 1.10 bits per heavy atom. The van der Waals surface area contributed by atoms with Gasteiger partial charge < -0.3 is 9.64 Å². The summed E-state index contributed by atoms with van der Waals surface area (Å²) in [6.45, 7) is 1.40. The second-order valence-corrected chi connectivity index (χ2v) is 9.37. The lowest BCUT2D eigenvalue weighted by atomic mass is 9.75. The molecule has 29 heavy (non-hydrogen) atoms. The largest absolute Gasteiger partial charge is 0.573 e. The summed E-state index contributed by atoms with van der Waals surface area (Å²) in [7, 11) is -3.92. The van der Waals surface area contributed by atoms with Crippen LogP contribution in [0, 0.1) is 11.8 Å². The standard InChI is InChI=1S/C19H25F3N2O4S/c20-19(21,22)28-16-5-7-17(8-6-16)29(26,27)23-11-9-18(25)24-12-10-14-3-1-2-4-15(14)13-24/h5-8,14-15,23H,1-4,9-13H2/t14-,15-/m1/s1. The Kier molecular flexibility index (Phi) is 6.72. The molecule has 1 N–H and O–H groups in total. The van der Waals surface area contributed by atoms with Gasteiger partial charge in [-0.2, -0.15) is 0 Å². The second kappa shape index (κ2) is 8.91. The fourth-order valence-corrected chi connectivity index (χ4v) is 5.21. The number of alkyl halides is 3. The first-order valence-corrected chi connectivity index (χ1v) is 11.3. The highest BCUT2D eigenvalue weighted by Gasteiger charge is 2.33. The molecule has 1 aliphatic heterocycles. The van der Waals surface area contributed by atoms with Crippen LogP contribution in [0.1, 0.15) is 38.5 Å². The maximum atomic E-state index is 12.4. The molecule has 0 unspecified atom stereocenters. The van der Waals surface area contributed by atoms with Crippen molar-refractivity contribution in [2.24, 2.45) is 11.8 Å². The van der Waals surface area contributed by atoms with E-state index in [1.165, 1.54) is 19.3 Å². The third kappa shape index (κ3) is 6.08. The number of amides is 1. The van der Waals surface area contributed by atoms with E-state index in [0.717, 1.165) is 43.7 Å². The first kappa shape index (κ1) is 21.9. The fourth-order valence-electron chi connectivity index (χ4n) is 4.18. The Bertz CT molecular complexity index is 812. The first-order chi connectivity index (χ1) is 13.6. The van der Waals surface area contributed by atoms with E-state index in [0.29, 0.717) is 18.4 Å². The molecule has 1 heterocycles. The Hall–Kier alpha value is -1.81. The molecule has 10 heteroatoms. The Balaban J connectivity index is 1.48. The Morgan fingerprint density at radius 3 is 2.41 bits per heavy atom. The number of fused-ring (bicyclic) bond motifs is 1. The van der Waals surface area contributed by atoms with Gasteiger partial charge in [-0.1, -0.05) is 19.3 Å². The summed E-state index contributed by atoms with van der Waals surface area (Å²) >= 11 is 0. The van der Waals surface area contributed by atoms with E-state index >= 15 is 0 Å². The number of sulfonamides is 1. The molecular formula is C19H25F3N2O4S. The molecule has 2 aliphatic rings. The van der Waals surface area contributed by atoms with Crippen molar-refractivity contribution in [2.75, 3.05) is 19.6 Å². The third-order valence-corrected chi connectivity index (χ3v) is 7.12. The summed E-state index contributed by atoms with van der Waals surface area (Å²) in [4.78, 5) is 14.1. The van der Waals surface area contributed by atoms with Crippen molar-refractivity contribution in [3.05, 3.63) is 24.3 Å². The minimum absolute atomic E-state index is 0.0475. The van der Waals surface area contributed by atoms with E-state index in [9.17, 15) is 26.4 Å². The van der Waals surface area contributed by atoms with Crippen molar-refractivity contribution in [2.45, 2.75) is 49.8 Å². The summed E-state index contributed by atoms with van der Waals surface area (Å²) in [5, 5.41) is 0. The molecule has 2 atom stereocenters. The van der Waals surface area contributed by atoms with Crippen molar-refractivity contribution in [1.82, 2.24) is 9.62 Å². The Morgan fingerprint density at radius 2 is 1.76 bits per heavy atom. The van der Waals surface area contributed by atoms with Gasteiger partial charge in [-0.05, 0) is 48.9 Å². The Labute approximate surface area is 168 Å². The van der Waals surface area contributed by atoms with E-state index in [1.54, 1.807) is 0 Å². The quantitative estimate of drug-likeness (QED) is 0.746. The predicted octanol–water partition coefficient (Wildman–Crippen LogP) is 3.29. The van der Waals surface area contributed by atoms with E-state index in [-0.39, 0.29) is 23.8 Å². The van der Waals surface area contributed by atoms with Crippen LogP contribution in [0.2, 0.25) is 0 Å². The number of carbonyl (C=O) groups excluding carboxylic acids is 1. The molecule has 162 valence electrons. The smallest absolute Gasteiger partial charge is 0.406 e. The number of likely N-dealkylation sites (tertiary alicyclic amines) is 1. The zero-order chi connectivity index (χ0) is 21.1. The molecule has 2 fully saturated rings. The van der Waals surface area contributed by atoms with Crippen molar-refractivity contribution >= 4 is 15.9 Å². The van der Waals surface area contributed by atoms with Gasteiger partial charge in [0.15, 0.2) is 0 Å². The van der Waals surface area contributed by atoms with Crippen LogP contribution in [0.15, 0.2) is 29.2 Å². The maximum absolute atomic E-state index is 12.4. The van der Waals surface area contributed by atoms with Gasteiger partial charge in [-0.25, -0.2) is 13.1 Å². The molecule has 1 aliphatic carbocycles. The van der Waals surface area contributed by atoms with Crippen LogP contribution in [0.4, 0.5) is 13.2 Å². The molecule has 1 saturated carbocycles. The lowest BCUT2D eigenvalue weighted by Gasteiger charge is -2.41. The van der Waals surface area contributed by atoms with Crippen LogP contribution in [-0.4, -0.2) is 45.2 Å². The summed E-state index contributed by atoms with van der Waals surface area (Å²) in [5.74, 6) is 0.676. The van der Waals surface area contributed by atoms with Gasteiger partial charge >= 0.3 is 6.36 Å². The predicted molar refractivity (Wildman–Crippen MR) is 99.6 cm³/mol. The van der Waals surface area contributed by atoms with Gasteiger partial charge in [0.1, 0.15) is 5.75 Å². The summed E-state index contributed by atoms with van der Waals surface area (Å²) < 4.78 is 67.1. The number of ether oxygens (including phenoxy) is 1. The monoisotopic (exact) mass is 434 g/mol. The normalized spacial score (nSPS) is 22.8. The number of hydrogen-bond donors (Lipinski definition) is 1. The number of nitrogens with one attached hydrogen (secondary N) is 1. The first-order valence-electron chi connectivity index (χ1n) is 9.77. The van der Waals surface area contributed by atoms with E-state index in [1.807, 2.05) is 4.90 Å². The number of nitrogens with zero attached hydrogens (tertiary/aromatic N) is 1. The number of halogens is 3. The van der Waals surface area contributed by atoms with Gasteiger partial charge in [-0.3, -0.25) is 4.79 Å². The highest BCUT2D eigenvalue weighted by atomic mass is 32.2. The molecule has 0 aromatic heterocycles. The lowest BCUT2D eigenvalue weighted by Crippen LogP contribution is -2.45. The molecule has 1 aromatic rings. The molecule has 0 spiro atoms.